The van der Waals surface area contributed by atoms with Crippen LogP contribution in [0.1, 0.15) is 0 Å². The molecule has 4 heterocycles. The van der Waals surface area contributed by atoms with Crippen LogP contribution >= 0.6 is 0 Å². The Morgan fingerprint density at radius 3 is 2.39 bits per heavy atom. The molecule has 0 atom stereocenters. The fourth-order valence-corrected chi connectivity index (χ4v) is 4.12. The minimum absolute atomic E-state index is 0.0963. The Bertz CT molecular complexity index is 1650. The van der Waals surface area contributed by atoms with Crippen LogP contribution in [0, 0.1) is 5.82 Å². The van der Waals surface area contributed by atoms with Crippen LogP contribution in [0.3, 0.4) is 0 Å². The Balaban J connectivity index is 1.51. The molecule has 8 heteroatoms. The van der Waals surface area contributed by atoms with Crippen molar-refractivity contribution in [2.24, 2.45) is 0 Å². The fourth-order valence-electron chi connectivity index (χ4n) is 4.12. The maximum absolute atomic E-state index is 13.9. The Labute approximate surface area is 186 Å². The van der Waals surface area contributed by atoms with Gasteiger partial charge in [-0.1, -0.05) is 6.07 Å². The number of halogens is 1. The molecule has 4 N–H and O–H groups in total. The van der Waals surface area contributed by atoms with Crippen LogP contribution in [0.5, 0.6) is 11.5 Å². The Morgan fingerprint density at radius 2 is 1.55 bits per heavy atom. The van der Waals surface area contributed by atoms with Crippen LogP contribution in [-0.2, 0) is 0 Å². The van der Waals surface area contributed by atoms with Crippen LogP contribution < -0.4 is 0 Å². The summed E-state index contributed by atoms with van der Waals surface area (Å²) in [5.74, 6) is -0.575. The molecule has 160 valence electrons. The van der Waals surface area contributed by atoms with Crippen LogP contribution in [0.25, 0.3) is 55.4 Å². The van der Waals surface area contributed by atoms with Crippen molar-refractivity contribution in [1.29, 1.82) is 0 Å². The summed E-state index contributed by atoms with van der Waals surface area (Å²) in [5.41, 5.74) is 5.99. The van der Waals surface area contributed by atoms with Gasteiger partial charge in [-0.25, -0.2) is 4.39 Å². The number of nitrogens with one attached hydrogen (secondary N) is 2. The number of aromatic nitrogens is 5. The van der Waals surface area contributed by atoms with Gasteiger partial charge >= 0.3 is 0 Å². The third kappa shape index (κ3) is 3.25. The number of hydrogen-bond donors (Lipinski definition) is 4. The smallest absolute Gasteiger partial charge is 0.134 e. The van der Waals surface area contributed by atoms with E-state index in [2.05, 4.69) is 25.1 Å². The zero-order chi connectivity index (χ0) is 22.5. The number of phenolic OH excluding ortho intramolecular Hbond substituents is 1. The average molecular weight is 437 g/mol. The van der Waals surface area contributed by atoms with E-state index >= 15 is 0 Å². The summed E-state index contributed by atoms with van der Waals surface area (Å²) in [6.45, 7) is 0. The number of H-pyrrole nitrogens is 2. The highest BCUT2D eigenvalue weighted by Gasteiger charge is 2.15. The molecule has 0 unspecified atom stereocenters. The van der Waals surface area contributed by atoms with Gasteiger partial charge in [-0.3, -0.25) is 15.1 Å². The van der Waals surface area contributed by atoms with E-state index in [1.807, 2.05) is 24.3 Å². The number of benzene rings is 2. The maximum Gasteiger partial charge on any atom is 0.134 e. The van der Waals surface area contributed by atoms with Crippen molar-refractivity contribution in [3.63, 3.8) is 0 Å². The van der Waals surface area contributed by atoms with E-state index in [1.165, 1.54) is 18.3 Å². The first-order chi connectivity index (χ1) is 16.0. The lowest BCUT2D eigenvalue weighted by Crippen LogP contribution is -1.84. The molecule has 0 aliphatic carbocycles. The van der Waals surface area contributed by atoms with E-state index in [0.29, 0.717) is 16.8 Å². The number of aromatic amines is 2. The highest BCUT2D eigenvalue weighted by molar-refractivity contribution is 6.01. The lowest BCUT2D eigenvalue weighted by atomic mass is 10.0. The molecular formula is C25H16FN5O2. The van der Waals surface area contributed by atoms with Crippen molar-refractivity contribution in [3.05, 3.63) is 79.1 Å². The predicted octanol–water partition coefficient (Wildman–Crippen LogP) is 5.39. The summed E-state index contributed by atoms with van der Waals surface area (Å²) in [4.78, 5) is 11.7. The molecule has 0 bridgehead atoms. The largest absolute Gasteiger partial charge is 0.508 e. The molecule has 2 aromatic carbocycles. The first-order valence-corrected chi connectivity index (χ1v) is 10.1. The first-order valence-electron chi connectivity index (χ1n) is 10.1. The van der Waals surface area contributed by atoms with Crippen molar-refractivity contribution in [2.45, 2.75) is 0 Å². The van der Waals surface area contributed by atoms with Crippen molar-refractivity contribution in [1.82, 2.24) is 25.1 Å². The van der Waals surface area contributed by atoms with Crippen LogP contribution in [0.15, 0.2) is 73.3 Å². The Morgan fingerprint density at radius 1 is 0.697 bits per heavy atom. The number of fused-ring (bicyclic) bond motifs is 2. The van der Waals surface area contributed by atoms with Crippen LogP contribution in [0.2, 0.25) is 0 Å². The summed E-state index contributed by atoms with van der Waals surface area (Å²) in [7, 11) is 0. The molecule has 0 radical (unpaired) electrons. The van der Waals surface area contributed by atoms with Gasteiger partial charge in [0, 0.05) is 40.4 Å². The first kappa shape index (κ1) is 19.0. The zero-order valence-electron chi connectivity index (χ0n) is 17.0. The zero-order valence-corrected chi connectivity index (χ0v) is 17.0. The Kier molecular flexibility index (Phi) is 4.13. The van der Waals surface area contributed by atoms with Gasteiger partial charge < -0.3 is 15.2 Å². The molecule has 33 heavy (non-hydrogen) atoms. The topological polar surface area (TPSA) is 111 Å². The Hall–Kier alpha value is -4.72. The molecule has 0 aliphatic heterocycles. The van der Waals surface area contributed by atoms with Crippen LogP contribution in [0.4, 0.5) is 4.39 Å². The highest BCUT2D eigenvalue weighted by atomic mass is 19.1. The normalized spacial score (nSPS) is 11.4. The molecule has 4 aromatic heterocycles. The summed E-state index contributed by atoms with van der Waals surface area (Å²) in [5, 5.41) is 28.9. The van der Waals surface area contributed by atoms with E-state index in [0.717, 1.165) is 44.7 Å². The number of phenols is 1. The lowest BCUT2D eigenvalue weighted by molar-refractivity contribution is 0.469. The van der Waals surface area contributed by atoms with Crippen molar-refractivity contribution >= 4 is 21.8 Å². The third-order valence-electron chi connectivity index (χ3n) is 5.61. The highest BCUT2D eigenvalue weighted by Crippen LogP contribution is 2.36. The van der Waals surface area contributed by atoms with Crippen molar-refractivity contribution in [3.8, 4) is 45.1 Å². The molecule has 0 aliphatic rings. The van der Waals surface area contributed by atoms with Gasteiger partial charge in [0.15, 0.2) is 0 Å². The second-order valence-electron chi connectivity index (χ2n) is 7.79. The van der Waals surface area contributed by atoms with Gasteiger partial charge in [-0.15, -0.1) is 0 Å². The van der Waals surface area contributed by atoms with Crippen molar-refractivity contribution in [2.75, 3.05) is 0 Å². The standard InChI is InChI=1S/C25H16FN5O2/c26-16-3-14(4-17(32)7-16)21-11-28-12-24-19(21)8-23(29-24)25-20-6-13(1-2-22(20)30-31-25)15-5-18(33)10-27-9-15/h1-12,29,32-33H,(H,30,31). The summed E-state index contributed by atoms with van der Waals surface area (Å²) in [6.07, 6.45) is 6.42. The number of rotatable bonds is 3. The molecule has 0 amide bonds. The molecule has 7 nitrogen and oxygen atoms in total. The van der Waals surface area contributed by atoms with Gasteiger partial charge in [0.2, 0.25) is 0 Å². The molecule has 0 saturated heterocycles. The minimum atomic E-state index is -0.523. The van der Waals surface area contributed by atoms with Crippen LogP contribution in [-0.4, -0.2) is 35.4 Å². The van der Waals surface area contributed by atoms with Gasteiger partial charge in [0.1, 0.15) is 23.0 Å². The quantitative estimate of drug-likeness (QED) is 0.297. The molecule has 6 rings (SSSR count). The summed E-state index contributed by atoms with van der Waals surface area (Å²) >= 11 is 0. The number of nitrogens with zero attached hydrogens (tertiary/aromatic N) is 3. The molecular weight excluding hydrogens is 421 g/mol. The predicted molar refractivity (Wildman–Crippen MR) is 123 cm³/mol. The van der Waals surface area contributed by atoms with Crippen molar-refractivity contribution < 1.29 is 14.6 Å². The molecule has 0 saturated carbocycles. The monoisotopic (exact) mass is 437 g/mol. The second-order valence-corrected chi connectivity index (χ2v) is 7.79. The lowest BCUT2D eigenvalue weighted by Gasteiger charge is -2.04. The van der Waals surface area contributed by atoms with E-state index < -0.39 is 5.82 Å². The maximum atomic E-state index is 13.9. The number of hydrogen-bond acceptors (Lipinski definition) is 5. The second kappa shape index (κ2) is 7.16. The average Bonchev–Trinajstić information content (AvgIpc) is 3.41. The SMILES string of the molecule is Oc1cncc(-c2ccc3[nH]nc(-c4cc5c(-c6cc(O)cc(F)c6)cncc5[nH]4)c3c2)c1. The van der Waals surface area contributed by atoms with Gasteiger partial charge in [0.05, 0.1) is 29.1 Å². The van der Waals surface area contributed by atoms with E-state index in [-0.39, 0.29) is 11.5 Å². The summed E-state index contributed by atoms with van der Waals surface area (Å²) < 4.78 is 13.9. The third-order valence-corrected chi connectivity index (χ3v) is 5.61. The van der Waals surface area contributed by atoms with E-state index in [9.17, 15) is 14.6 Å². The van der Waals surface area contributed by atoms with Gasteiger partial charge in [-0.05, 0) is 47.5 Å². The van der Waals surface area contributed by atoms with E-state index in [1.54, 1.807) is 24.7 Å². The number of aromatic hydroxyl groups is 2. The number of pyridine rings is 2. The molecule has 0 spiro atoms. The van der Waals surface area contributed by atoms with Gasteiger partial charge in [-0.2, -0.15) is 5.10 Å². The minimum Gasteiger partial charge on any atom is -0.508 e. The summed E-state index contributed by atoms with van der Waals surface area (Å²) in [6, 6.07) is 13.4. The molecule has 6 aromatic rings. The van der Waals surface area contributed by atoms with Gasteiger partial charge in [0.25, 0.3) is 0 Å². The van der Waals surface area contributed by atoms with E-state index in [4.69, 9.17) is 0 Å². The molecule has 0 fully saturated rings. The fraction of sp³-hybridized carbons (Fsp3) is 0.